The molecule has 1 aliphatic rings. The van der Waals surface area contributed by atoms with Crippen molar-refractivity contribution >= 4 is 23.6 Å². The van der Waals surface area contributed by atoms with Crippen molar-refractivity contribution in [1.29, 1.82) is 0 Å². The monoisotopic (exact) mass is 351 g/mol. The molecule has 0 aromatic heterocycles. The molecule has 0 bridgehead atoms. The zero-order valence-corrected chi connectivity index (χ0v) is 13.9. The van der Waals surface area contributed by atoms with Gasteiger partial charge in [-0.2, -0.15) is 0 Å². The number of benzene rings is 1. The fourth-order valence-electron chi connectivity index (χ4n) is 2.37. The summed E-state index contributed by atoms with van der Waals surface area (Å²) in [6, 6.07) is 4.23. The number of nitrogens with zero attached hydrogens (tertiary/aromatic N) is 1. The normalized spacial score (nSPS) is 14.1. The number of anilines is 1. The van der Waals surface area contributed by atoms with Crippen LogP contribution < -0.4 is 9.64 Å². The summed E-state index contributed by atoms with van der Waals surface area (Å²) in [5, 5.41) is 9.16. The summed E-state index contributed by atoms with van der Waals surface area (Å²) in [5.41, 5.74) is 0.317. The summed E-state index contributed by atoms with van der Waals surface area (Å²) in [6.07, 6.45) is 0. The van der Waals surface area contributed by atoms with Crippen molar-refractivity contribution in [3.63, 3.8) is 0 Å². The van der Waals surface area contributed by atoms with E-state index in [0.29, 0.717) is 5.69 Å². The van der Waals surface area contributed by atoms with Gasteiger partial charge in [-0.15, -0.1) is 0 Å². The van der Waals surface area contributed by atoms with Crippen molar-refractivity contribution in [2.45, 2.75) is 0 Å². The Kier molecular flexibility index (Phi) is 5.60. The van der Waals surface area contributed by atoms with Gasteiger partial charge >= 0.3 is 17.9 Å². The molecule has 0 spiro atoms. The third-order valence-corrected chi connectivity index (χ3v) is 3.56. The number of rotatable bonds is 5. The topological polar surface area (TPSA) is 112 Å². The van der Waals surface area contributed by atoms with Gasteiger partial charge in [0.25, 0.3) is 0 Å². The van der Waals surface area contributed by atoms with Crippen LogP contribution in [0.3, 0.4) is 0 Å². The number of carbonyl (C=O) groups is 3. The van der Waals surface area contributed by atoms with E-state index in [4.69, 9.17) is 19.3 Å². The van der Waals surface area contributed by atoms with Crippen LogP contribution in [0.15, 0.2) is 29.5 Å². The van der Waals surface area contributed by atoms with Crippen LogP contribution in [0.5, 0.6) is 5.75 Å². The van der Waals surface area contributed by atoms with Crippen LogP contribution in [0.4, 0.5) is 5.69 Å². The SMILES string of the molecule is COC(=O)C1=C(C(=O)OC)N(c2ccc(C(=O)O)c(OC)c2)COC1. The van der Waals surface area contributed by atoms with Crippen LogP contribution in [0.25, 0.3) is 0 Å². The van der Waals surface area contributed by atoms with E-state index in [0.717, 1.165) is 0 Å². The summed E-state index contributed by atoms with van der Waals surface area (Å²) in [6.45, 7) is -0.154. The molecular weight excluding hydrogens is 334 g/mol. The number of hydrogen-bond acceptors (Lipinski definition) is 8. The molecule has 1 heterocycles. The molecule has 1 aromatic carbocycles. The molecule has 1 aromatic rings. The third kappa shape index (κ3) is 3.56. The van der Waals surface area contributed by atoms with Crippen molar-refractivity contribution in [1.82, 2.24) is 0 Å². The summed E-state index contributed by atoms with van der Waals surface area (Å²) >= 11 is 0. The highest BCUT2D eigenvalue weighted by Gasteiger charge is 2.32. The zero-order chi connectivity index (χ0) is 18.6. The lowest BCUT2D eigenvalue weighted by molar-refractivity contribution is -0.140. The van der Waals surface area contributed by atoms with Gasteiger partial charge in [-0.3, -0.25) is 0 Å². The molecule has 0 aliphatic carbocycles. The standard InChI is InChI=1S/C16H17NO8/c1-22-12-6-9(4-5-10(12)14(18)19)17-8-25-7-11(15(20)23-2)13(17)16(21)24-3/h4-6H,7-8H2,1-3H3,(H,18,19). The number of methoxy groups -OCH3 is 3. The summed E-state index contributed by atoms with van der Waals surface area (Å²) in [5.74, 6) is -2.53. The van der Waals surface area contributed by atoms with Gasteiger partial charge < -0.3 is 29.0 Å². The van der Waals surface area contributed by atoms with E-state index in [9.17, 15) is 14.4 Å². The number of esters is 2. The molecule has 1 N–H and O–H groups in total. The van der Waals surface area contributed by atoms with Gasteiger partial charge in [0.1, 0.15) is 23.7 Å². The smallest absolute Gasteiger partial charge is 0.355 e. The Labute approximate surface area is 143 Å². The van der Waals surface area contributed by atoms with E-state index in [1.807, 2.05) is 0 Å². The van der Waals surface area contributed by atoms with E-state index in [1.54, 1.807) is 0 Å². The van der Waals surface area contributed by atoms with Gasteiger partial charge in [0.15, 0.2) is 0 Å². The van der Waals surface area contributed by atoms with E-state index in [1.165, 1.54) is 44.4 Å². The molecule has 0 unspecified atom stereocenters. The van der Waals surface area contributed by atoms with Crippen molar-refractivity contribution < 1.29 is 38.4 Å². The lowest BCUT2D eigenvalue weighted by Gasteiger charge is -2.31. The van der Waals surface area contributed by atoms with Crippen molar-refractivity contribution in [3.8, 4) is 5.75 Å². The summed E-state index contributed by atoms with van der Waals surface area (Å²) in [4.78, 5) is 36.7. The number of carbonyl (C=O) groups excluding carboxylic acids is 2. The number of carboxylic acid groups (broad SMARTS) is 1. The summed E-state index contributed by atoms with van der Waals surface area (Å²) in [7, 11) is 3.70. The minimum absolute atomic E-state index is 0.00174. The van der Waals surface area contributed by atoms with Crippen molar-refractivity contribution in [2.75, 3.05) is 39.6 Å². The number of carboxylic acids is 1. The number of hydrogen-bond donors (Lipinski definition) is 1. The van der Waals surface area contributed by atoms with Crippen LogP contribution >= 0.6 is 0 Å². The highest BCUT2D eigenvalue weighted by molar-refractivity contribution is 6.03. The summed E-state index contributed by atoms with van der Waals surface area (Å²) < 4.78 is 19.9. The fourth-order valence-corrected chi connectivity index (χ4v) is 2.37. The first-order valence-corrected chi connectivity index (χ1v) is 7.11. The Hall–Kier alpha value is -3.07. The quantitative estimate of drug-likeness (QED) is 0.769. The molecule has 0 atom stereocenters. The van der Waals surface area contributed by atoms with Gasteiger partial charge in [0, 0.05) is 11.8 Å². The molecule has 9 nitrogen and oxygen atoms in total. The van der Waals surface area contributed by atoms with Crippen LogP contribution in [0.2, 0.25) is 0 Å². The van der Waals surface area contributed by atoms with Crippen molar-refractivity contribution in [3.05, 3.63) is 35.0 Å². The Balaban J connectivity index is 2.57. The lowest BCUT2D eigenvalue weighted by atomic mass is 10.1. The Morgan fingerprint density at radius 2 is 1.80 bits per heavy atom. The number of aromatic carboxylic acids is 1. The van der Waals surface area contributed by atoms with Crippen LogP contribution in [0, 0.1) is 0 Å². The minimum Gasteiger partial charge on any atom is -0.496 e. The Morgan fingerprint density at radius 1 is 1.12 bits per heavy atom. The third-order valence-electron chi connectivity index (χ3n) is 3.56. The first kappa shape index (κ1) is 18.3. The van der Waals surface area contributed by atoms with Gasteiger partial charge in [0.2, 0.25) is 0 Å². The maximum absolute atomic E-state index is 12.2. The second-order valence-corrected chi connectivity index (χ2v) is 4.91. The second-order valence-electron chi connectivity index (χ2n) is 4.91. The predicted molar refractivity (Wildman–Crippen MR) is 84.3 cm³/mol. The fraction of sp³-hybridized carbons (Fsp3) is 0.312. The van der Waals surface area contributed by atoms with Gasteiger partial charge in [0.05, 0.1) is 33.5 Å². The molecule has 0 saturated heterocycles. The number of ether oxygens (including phenoxy) is 4. The molecule has 9 heteroatoms. The molecule has 1 aliphatic heterocycles. The second kappa shape index (κ2) is 7.67. The van der Waals surface area contributed by atoms with Gasteiger partial charge in [-0.25, -0.2) is 14.4 Å². The van der Waals surface area contributed by atoms with Gasteiger partial charge in [-0.05, 0) is 12.1 Å². The van der Waals surface area contributed by atoms with Crippen LogP contribution in [-0.4, -0.2) is 57.7 Å². The molecule has 0 amide bonds. The molecular formula is C16H17NO8. The van der Waals surface area contributed by atoms with Crippen LogP contribution in [0.1, 0.15) is 10.4 Å². The van der Waals surface area contributed by atoms with E-state index >= 15 is 0 Å². The Morgan fingerprint density at radius 3 is 2.36 bits per heavy atom. The molecule has 134 valence electrons. The van der Waals surface area contributed by atoms with Crippen molar-refractivity contribution in [2.24, 2.45) is 0 Å². The lowest BCUT2D eigenvalue weighted by Crippen LogP contribution is -2.38. The average Bonchev–Trinajstić information content (AvgIpc) is 2.65. The molecule has 25 heavy (non-hydrogen) atoms. The molecule has 0 radical (unpaired) electrons. The van der Waals surface area contributed by atoms with E-state index in [2.05, 4.69) is 4.74 Å². The van der Waals surface area contributed by atoms with Crippen LogP contribution in [-0.2, 0) is 23.8 Å². The first-order chi connectivity index (χ1) is 11.9. The van der Waals surface area contributed by atoms with Gasteiger partial charge in [-0.1, -0.05) is 0 Å². The zero-order valence-electron chi connectivity index (χ0n) is 13.9. The molecule has 0 fully saturated rings. The molecule has 0 saturated carbocycles. The van der Waals surface area contributed by atoms with E-state index < -0.39 is 17.9 Å². The Bertz CT molecular complexity index is 740. The first-order valence-electron chi connectivity index (χ1n) is 7.11. The van der Waals surface area contributed by atoms with E-state index in [-0.39, 0.29) is 35.9 Å². The minimum atomic E-state index is -1.16. The largest absolute Gasteiger partial charge is 0.496 e. The highest BCUT2D eigenvalue weighted by atomic mass is 16.5. The highest BCUT2D eigenvalue weighted by Crippen LogP contribution is 2.31. The average molecular weight is 351 g/mol. The molecule has 2 rings (SSSR count). The predicted octanol–water partition coefficient (Wildman–Crippen LogP) is 0.788. The maximum Gasteiger partial charge on any atom is 0.355 e. The maximum atomic E-state index is 12.2.